The standard InChI is InChI=1S/C20H28FP/c1-3-5-17-22(20(21)12-4-2,18-13-8-6-9-14-18)19-15-10-7-11-16-19/h6-11,13-16,20,22H,3-5,12,17H2,1-2H3. The molecule has 2 rings (SSSR count). The van der Waals surface area contributed by atoms with Crippen molar-refractivity contribution >= 4 is 17.9 Å². The van der Waals surface area contributed by atoms with Crippen molar-refractivity contribution in [2.24, 2.45) is 0 Å². The van der Waals surface area contributed by atoms with Crippen LogP contribution in [0.5, 0.6) is 0 Å². The van der Waals surface area contributed by atoms with Crippen molar-refractivity contribution in [1.82, 2.24) is 0 Å². The summed E-state index contributed by atoms with van der Waals surface area (Å²) in [7, 11) is -2.36. The molecule has 0 aliphatic carbocycles. The maximum absolute atomic E-state index is 15.5. The molecular formula is C20H28FP. The van der Waals surface area contributed by atoms with Gasteiger partial charge >= 0.3 is 135 Å². The van der Waals surface area contributed by atoms with Gasteiger partial charge in [0.25, 0.3) is 0 Å². The Morgan fingerprint density at radius 2 is 1.32 bits per heavy atom. The van der Waals surface area contributed by atoms with Crippen molar-refractivity contribution in [3.05, 3.63) is 60.7 Å². The van der Waals surface area contributed by atoms with Crippen LogP contribution >= 0.6 is 7.26 Å². The van der Waals surface area contributed by atoms with E-state index in [0.717, 1.165) is 25.4 Å². The number of alkyl halides is 1. The molecule has 0 spiro atoms. The molecule has 2 aromatic rings. The van der Waals surface area contributed by atoms with Crippen LogP contribution < -0.4 is 10.6 Å². The first kappa shape index (κ1) is 17.2. The fraction of sp³-hybridized carbons (Fsp3) is 0.400. The van der Waals surface area contributed by atoms with Crippen molar-refractivity contribution in [2.75, 3.05) is 6.16 Å². The molecule has 1 atom stereocenters. The summed E-state index contributed by atoms with van der Waals surface area (Å²) < 4.78 is 15.5. The first-order valence-electron chi connectivity index (χ1n) is 8.50. The van der Waals surface area contributed by atoms with Crippen LogP contribution in [0.3, 0.4) is 0 Å². The van der Waals surface area contributed by atoms with Crippen molar-refractivity contribution < 1.29 is 4.39 Å². The molecule has 0 radical (unpaired) electrons. The molecule has 22 heavy (non-hydrogen) atoms. The van der Waals surface area contributed by atoms with E-state index in [-0.39, 0.29) is 0 Å². The van der Waals surface area contributed by atoms with Gasteiger partial charge in [-0.2, -0.15) is 0 Å². The molecule has 2 aromatic carbocycles. The third-order valence-electron chi connectivity index (χ3n) is 4.58. The van der Waals surface area contributed by atoms with E-state index in [9.17, 15) is 0 Å². The number of benzene rings is 2. The van der Waals surface area contributed by atoms with Gasteiger partial charge in [0.05, 0.1) is 0 Å². The van der Waals surface area contributed by atoms with Gasteiger partial charge in [-0.3, -0.25) is 0 Å². The van der Waals surface area contributed by atoms with Gasteiger partial charge in [-0.05, 0) is 0 Å². The Hall–Kier alpha value is -1.20. The van der Waals surface area contributed by atoms with E-state index in [1.165, 1.54) is 10.6 Å². The molecule has 1 unspecified atom stereocenters. The summed E-state index contributed by atoms with van der Waals surface area (Å²) in [6.45, 7) is 4.28. The fourth-order valence-corrected chi connectivity index (χ4v) is 8.61. The third-order valence-corrected chi connectivity index (χ3v) is 9.81. The van der Waals surface area contributed by atoms with E-state index < -0.39 is 13.2 Å². The number of halogens is 1. The fourth-order valence-electron chi connectivity index (χ4n) is 3.40. The van der Waals surface area contributed by atoms with Gasteiger partial charge < -0.3 is 0 Å². The number of hydrogen-bond acceptors (Lipinski definition) is 0. The van der Waals surface area contributed by atoms with Crippen molar-refractivity contribution in [2.45, 2.75) is 45.4 Å². The maximum atomic E-state index is 15.5. The van der Waals surface area contributed by atoms with Crippen LogP contribution in [-0.4, -0.2) is 12.1 Å². The second kappa shape index (κ2) is 8.44. The Balaban J connectivity index is 2.57. The number of rotatable bonds is 8. The molecule has 0 N–H and O–H groups in total. The van der Waals surface area contributed by atoms with Crippen molar-refractivity contribution in [1.29, 1.82) is 0 Å². The van der Waals surface area contributed by atoms with E-state index in [2.05, 4.69) is 62.4 Å². The van der Waals surface area contributed by atoms with Crippen LogP contribution in [0.4, 0.5) is 4.39 Å². The van der Waals surface area contributed by atoms with Crippen molar-refractivity contribution in [3.63, 3.8) is 0 Å². The Morgan fingerprint density at radius 1 is 0.818 bits per heavy atom. The first-order valence-corrected chi connectivity index (χ1v) is 10.8. The van der Waals surface area contributed by atoms with Crippen LogP contribution in [0, 0.1) is 0 Å². The Labute approximate surface area is 135 Å². The molecule has 0 amide bonds. The van der Waals surface area contributed by atoms with E-state index in [1.807, 2.05) is 12.1 Å². The molecule has 0 saturated carbocycles. The number of hydrogen-bond donors (Lipinski definition) is 0. The summed E-state index contributed by atoms with van der Waals surface area (Å²) in [6.07, 6.45) is 4.79. The normalized spacial score (nSPS) is 13.8. The Bertz CT molecular complexity index is 499. The minimum absolute atomic E-state index is 0.666. The monoisotopic (exact) mass is 318 g/mol. The second-order valence-electron chi connectivity index (χ2n) is 6.06. The summed E-state index contributed by atoms with van der Waals surface area (Å²) in [6, 6.07) is 20.9. The van der Waals surface area contributed by atoms with Crippen LogP contribution in [0.15, 0.2) is 60.7 Å². The van der Waals surface area contributed by atoms with Gasteiger partial charge in [-0.1, -0.05) is 0 Å². The topological polar surface area (TPSA) is 0 Å². The van der Waals surface area contributed by atoms with Gasteiger partial charge in [-0.15, -0.1) is 0 Å². The quantitative estimate of drug-likeness (QED) is 0.581. The summed E-state index contributed by atoms with van der Waals surface area (Å²) in [5.41, 5.74) is 0. The van der Waals surface area contributed by atoms with E-state index in [4.69, 9.17) is 0 Å². The van der Waals surface area contributed by atoms with E-state index >= 15 is 4.39 Å². The summed E-state index contributed by atoms with van der Waals surface area (Å²) >= 11 is 0. The first-order chi connectivity index (χ1) is 10.8. The molecule has 0 nitrogen and oxygen atoms in total. The van der Waals surface area contributed by atoms with Gasteiger partial charge in [0.15, 0.2) is 0 Å². The van der Waals surface area contributed by atoms with E-state index in [1.54, 1.807) is 0 Å². The molecule has 0 bridgehead atoms. The van der Waals surface area contributed by atoms with Crippen LogP contribution in [-0.2, 0) is 0 Å². The van der Waals surface area contributed by atoms with Crippen LogP contribution in [0.1, 0.15) is 39.5 Å². The van der Waals surface area contributed by atoms with Gasteiger partial charge in [0.2, 0.25) is 0 Å². The molecule has 0 saturated heterocycles. The average molecular weight is 318 g/mol. The second-order valence-corrected chi connectivity index (χ2v) is 10.3. The molecular weight excluding hydrogens is 290 g/mol. The number of unbranched alkanes of at least 4 members (excludes halogenated alkanes) is 1. The molecule has 0 aliphatic rings. The SMILES string of the molecule is CCCC[PH](c1ccccc1)(c1ccccc1)C(F)CCC. The van der Waals surface area contributed by atoms with Crippen LogP contribution in [0.2, 0.25) is 0 Å². The average Bonchev–Trinajstić information content (AvgIpc) is 2.58. The van der Waals surface area contributed by atoms with Gasteiger partial charge in [-0.25, -0.2) is 0 Å². The summed E-state index contributed by atoms with van der Waals surface area (Å²) in [5.74, 6) is -0.714. The molecule has 120 valence electrons. The van der Waals surface area contributed by atoms with Gasteiger partial charge in [0, 0.05) is 0 Å². The Kier molecular flexibility index (Phi) is 6.58. The minimum atomic E-state index is -2.36. The van der Waals surface area contributed by atoms with Crippen molar-refractivity contribution in [3.8, 4) is 0 Å². The molecule has 2 heteroatoms. The Morgan fingerprint density at radius 3 is 1.73 bits per heavy atom. The molecule has 0 aliphatic heterocycles. The molecule has 0 fully saturated rings. The van der Waals surface area contributed by atoms with Gasteiger partial charge in [0.1, 0.15) is 0 Å². The third kappa shape index (κ3) is 3.58. The molecule has 0 aromatic heterocycles. The summed E-state index contributed by atoms with van der Waals surface area (Å²) in [4.78, 5) is 0. The van der Waals surface area contributed by atoms with E-state index in [0.29, 0.717) is 6.42 Å². The summed E-state index contributed by atoms with van der Waals surface area (Å²) in [5, 5.41) is 2.49. The zero-order chi connectivity index (χ0) is 15.8. The predicted octanol–water partition coefficient (Wildman–Crippen LogP) is 5.28. The zero-order valence-corrected chi connectivity index (χ0v) is 14.8. The predicted molar refractivity (Wildman–Crippen MR) is 100 cm³/mol. The van der Waals surface area contributed by atoms with Crippen LogP contribution in [0.25, 0.3) is 0 Å². The molecule has 0 heterocycles. The zero-order valence-electron chi connectivity index (χ0n) is 13.8.